The first-order valence-electron chi connectivity index (χ1n) is 9.67. The largest absolute Gasteiger partial charge is 0.454 e. The third-order valence-electron chi connectivity index (χ3n) is 5.08. The van der Waals surface area contributed by atoms with Gasteiger partial charge in [-0.2, -0.15) is 0 Å². The average molecular weight is 357 g/mol. The number of hydrogen-bond donors (Lipinski definition) is 0. The Kier molecular flexibility index (Phi) is 4.22. The molecule has 0 aliphatic rings. The van der Waals surface area contributed by atoms with Gasteiger partial charge in [-0.1, -0.05) is 62.4 Å². The number of benzene rings is 3. The molecule has 0 spiro atoms. The molecule has 0 radical (unpaired) electrons. The molecule has 4 aromatic rings. The van der Waals surface area contributed by atoms with Crippen molar-refractivity contribution in [1.82, 2.24) is 0 Å². The second-order valence-electron chi connectivity index (χ2n) is 8.48. The van der Waals surface area contributed by atoms with Gasteiger partial charge in [0.1, 0.15) is 5.58 Å². The van der Waals surface area contributed by atoms with E-state index in [1.54, 1.807) is 0 Å². The predicted molar refractivity (Wildman–Crippen MR) is 116 cm³/mol. The summed E-state index contributed by atoms with van der Waals surface area (Å²) < 4.78 is 6.53. The van der Waals surface area contributed by atoms with Crippen molar-refractivity contribution in [1.29, 1.82) is 0 Å². The van der Waals surface area contributed by atoms with Crippen LogP contribution in [0.2, 0.25) is 0 Å². The van der Waals surface area contributed by atoms with Crippen LogP contribution in [0.5, 0.6) is 0 Å². The number of para-hydroxylation sites is 3. The van der Waals surface area contributed by atoms with Gasteiger partial charge in [-0.15, -0.1) is 0 Å². The lowest BCUT2D eigenvalue weighted by molar-refractivity contribution is 0.556. The second-order valence-corrected chi connectivity index (χ2v) is 8.48. The van der Waals surface area contributed by atoms with Crippen molar-refractivity contribution in [2.75, 3.05) is 4.90 Å². The van der Waals surface area contributed by atoms with Gasteiger partial charge in [0.15, 0.2) is 5.58 Å². The summed E-state index contributed by atoms with van der Waals surface area (Å²) in [5.41, 5.74) is 5.42. The van der Waals surface area contributed by atoms with E-state index in [0.29, 0.717) is 5.92 Å². The first kappa shape index (κ1) is 17.7. The fraction of sp³-hybridized carbons (Fsp3) is 0.280. The van der Waals surface area contributed by atoms with E-state index in [-0.39, 0.29) is 5.54 Å². The number of anilines is 2. The molecule has 0 amide bonds. The van der Waals surface area contributed by atoms with Gasteiger partial charge in [-0.05, 0) is 50.5 Å². The van der Waals surface area contributed by atoms with E-state index >= 15 is 0 Å². The molecule has 0 bridgehead atoms. The summed E-state index contributed by atoms with van der Waals surface area (Å²) in [5.74, 6) is 0.422. The Morgan fingerprint density at radius 2 is 1.37 bits per heavy atom. The number of furan rings is 1. The maximum absolute atomic E-state index is 6.53. The minimum atomic E-state index is -0.0878. The zero-order valence-corrected chi connectivity index (χ0v) is 16.8. The van der Waals surface area contributed by atoms with Crippen molar-refractivity contribution in [3.8, 4) is 0 Å². The summed E-state index contributed by atoms with van der Waals surface area (Å²) >= 11 is 0. The molecule has 2 heteroatoms. The zero-order valence-electron chi connectivity index (χ0n) is 16.8. The van der Waals surface area contributed by atoms with Crippen LogP contribution >= 0.6 is 0 Å². The van der Waals surface area contributed by atoms with Crippen LogP contribution in [0, 0.1) is 0 Å². The topological polar surface area (TPSA) is 16.4 Å². The molecular formula is C25H27NO. The molecule has 0 atom stereocenters. The maximum Gasteiger partial charge on any atom is 0.159 e. The fourth-order valence-electron chi connectivity index (χ4n) is 3.92. The smallest absolute Gasteiger partial charge is 0.159 e. The third kappa shape index (κ3) is 2.99. The first-order chi connectivity index (χ1) is 12.9. The van der Waals surface area contributed by atoms with Crippen molar-refractivity contribution < 1.29 is 4.42 Å². The molecule has 27 heavy (non-hydrogen) atoms. The molecule has 0 saturated carbocycles. The highest BCUT2D eigenvalue weighted by molar-refractivity contribution is 6.10. The Morgan fingerprint density at radius 1 is 0.741 bits per heavy atom. The number of nitrogens with zero attached hydrogens (tertiary/aromatic N) is 1. The van der Waals surface area contributed by atoms with Gasteiger partial charge < -0.3 is 9.32 Å². The Labute approximate surface area is 161 Å². The van der Waals surface area contributed by atoms with Gasteiger partial charge in [-0.25, -0.2) is 0 Å². The van der Waals surface area contributed by atoms with E-state index in [1.807, 2.05) is 0 Å². The fourth-order valence-corrected chi connectivity index (χ4v) is 3.92. The Balaban J connectivity index is 2.04. The van der Waals surface area contributed by atoms with Gasteiger partial charge in [-0.3, -0.25) is 0 Å². The maximum atomic E-state index is 6.53. The first-order valence-corrected chi connectivity index (χ1v) is 9.67. The Bertz CT molecular complexity index is 1080. The predicted octanol–water partition coefficient (Wildman–Crippen LogP) is 7.65. The molecule has 1 heterocycles. The summed E-state index contributed by atoms with van der Waals surface area (Å²) in [7, 11) is 0. The zero-order chi connectivity index (χ0) is 19.2. The van der Waals surface area contributed by atoms with Crippen molar-refractivity contribution in [2.24, 2.45) is 0 Å². The summed E-state index contributed by atoms with van der Waals surface area (Å²) in [4.78, 5) is 2.37. The van der Waals surface area contributed by atoms with Gasteiger partial charge >= 0.3 is 0 Å². The van der Waals surface area contributed by atoms with Crippen LogP contribution in [0.1, 0.15) is 46.1 Å². The van der Waals surface area contributed by atoms with E-state index in [4.69, 9.17) is 4.42 Å². The van der Waals surface area contributed by atoms with E-state index in [9.17, 15) is 0 Å². The lowest BCUT2D eigenvalue weighted by Gasteiger charge is -2.37. The van der Waals surface area contributed by atoms with Crippen LogP contribution in [-0.4, -0.2) is 5.54 Å². The van der Waals surface area contributed by atoms with Crippen LogP contribution in [0.15, 0.2) is 71.1 Å². The van der Waals surface area contributed by atoms with E-state index in [2.05, 4.69) is 106 Å². The molecule has 0 N–H and O–H groups in total. The summed E-state index contributed by atoms with van der Waals surface area (Å²) in [6.07, 6.45) is 0. The molecule has 0 aliphatic heterocycles. The minimum absolute atomic E-state index is 0.0878. The summed E-state index contributed by atoms with van der Waals surface area (Å²) in [5, 5.41) is 2.37. The highest BCUT2D eigenvalue weighted by atomic mass is 16.3. The van der Waals surface area contributed by atoms with E-state index in [0.717, 1.165) is 16.9 Å². The molecule has 0 aliphatic carbocycles. The molecule has 2 nitrogen and oxygen atoms in total. The van der Waals surface area contributed by atoms with Crippen molar-refractivity contribution in [3.05, 3.63) is 72.3 Å². The van der Waals surface area contributed by atoms with Crippen LogP contribution in [0.3, 0.4) is 0 Å². The normalized spacial score (nSPS) is 12.2. The lowest BCUT2D eigenvalue weighted by atomic mass is 9.99. The molecular weight excluding hydrogens is 330 g/mol. The monoisotopic (exact) mass is 357 g/mol. The SMILES string of the molecule is CC(C)c1cccc2c1oc1c(N(c3ccccc3)C(C)(C)C)cccc12. The van der Waals surface area contributed by atoms with Crippen molar-refractivity contribution >= 4 is 33.3 Å². The van der Waals surface area contributed by atoms with Crippen LogP contribution in [0.25, 0.3) is 21.9 Å². The molecule has 1 aromatic heterocycles. The molecule has 0 unspecified atom stereocenters. The van der Waals surface area contributed by atoms with E-state index in [1.165, 1.54) is 22.0 Å². The van der Waals surface area contributed by atoms with Gasteiger partial charge in [0, 0.05) is 22.0 Å². The summed E-state index contributed by atoms with van der Waals surface area (Å²) in [6, 6.07) is 23.5. The Hall–Kier alpha value is -2.74. The average Bonchev–Trinajstić information content (AvgIpc) is 3.01. The molecule has 3 aromatic carbocycles. The quantitative estimate of drug-likeness (QED) is 0.374. The van der Waals surface area contributed by atoms with Crippen molar-refractivity contribution in [3.63, 3.8) is 0 Å². The second kappa shape index (κ2) is 6.45. The molecule has 4 rings (SSSR count). The standard InChI is InChI=1S/C25H27NO/c1-17(2)19-13-9-14-20-21-15-10-16-22(24(21)27-23(19)20)26(25(3,4)5)18-11-7-6-8-12-18/h6-17H,1-5H3. The third-order valence-corrected chi connectivity index (χ3v) is 5.08. The van der Waals surface area contributed by atoms with Gasteiger partial charge in [0.05, 0.1) is 5.69 Å². The minimum Gasteiger partial charge on any atom is -0.454 e. The number of hydrogen-bond acceptors (Lipinski definition) is 2. The highest BCUT2D eigenvalue weighted by Crippen LogP contribution is 2.42. The van der Waals surface area contributed by atoms with Crippen LogP contribution < -0.4 is 4.90 Å². The molecule has 138 valence electrons. The van der Waals surface area contributed by atoms with Crippen molar-refractivity contribution in [2.45, 2.75) is 46.1 Å². The number of rotatable bonds is 3. The molecule has 0 fully saturated rings. The van der Waals surface area contributed by atoms with Gasteiger partial charge in [0.2, 0.25) is 0 Å². The molecule has 0 saturated heterocycles. The number of fused-ring (bicyclic) bond motifs is 3. The highest BCUT2D eigenvalue weighted by Gasteiger charge is 2.27. The van der Waals surface area contributed by atoms with Crippen LogP contribution in [0.4, 0.5) is 11.4 Å². The Morgan fingerprint density at radius 3 is 2.00 bits per heavy atom. The summed E-state index contributed by atoms with van der Waals surface area (Å²) in [6.45, 7) is 11.1. The lowest BCUT2D eigenvalue weighted by Crippen LogP contribution is -2.37. The van der Waals surface area contributed by atoms with Crippen LogP contribution in [-0.2, 0) is 0 Å². The van der Waals surface area contributed by atoms with Gasteiger partial charge in [0.25, 0.3) is 0 Å². The van der Waals surface area contributed by atoms with E-state index < -0.39 is 0 Å².